The molecule has 0 fully saturated rings. The molecule has 0 heterocycles. The van der Waals surface area contributed by atoms with Crippen LogP contribution in [0.5, 0.6) is 17.2 Å². The van der Waals surface area contributed by atoms with Gasteiger partial charge in [-0.1, -0.05) is 136 Å². The van der Waals surface area contributed by atoms with Crippen LogP contribution in [0.3, 0.4) is 0 Å². The lowest BCUT2D eigenvalue weighted by Gasteiger charge is -2.22. The average molecular weight is 684 g/mol. The van der Waals surface area contributed by atoms with Crippen LogP contribution in [0.15, 0.2) is 42.5 Å². The van der Waals surface area contributed by atoms with Crippen LogP contribution in [0, 0.1) is 0 Å². The third-order valence-electron chi connectivity index (χ3n) is 8.70. The number of rotatable bonds is 29. The smallest absolute Gasteiger partial charge is 0.323 e. The lowest BCUT2D eigenvalue weighted by molar-refractivity contribution is -0.136. The standard InChI is InChI=1S/C41H65NO7/c1-5-6-7-8-9-10-11-12-13-14-15-16-17-18-19-20-26-48-37-29-35(42(32-39(43)44)33-40(45)46)30-38(31-37)49-28-21-27-47-36-24-22-34(23-25-36)41(2,3)4/h22-25,29-31H,5-21,26-28,32-33H2,1-4H3,(H,43,44)(H,45,46). The summed E-state index contributed by atoms with van der Waals surface area (Å²) in [6.45, 7) is 9.28. The molecule has 8 heteroatoms. The van der Waals surface area contributed by atoms with Gasteiger partial charge < -0.3 is 29.3 Å². The Balaban J connectivity index is 1.75. The molecule has 0 saturated heterocycles. The van der Waals surface area contributed by atoms with E-state index in [-0.39, 0.29) is 5.41 Å². The third kappa shape index (κ3) is 20.0. The second-order valence-corrected chi connectivity index (χ2v) is 14.3. The zero-order chi connectivity index (χ0) is 35.7. The van der Waals surface area contributed by atoms with Gasteiger partial charge >= 0.3 is 11.9 Å². The summed E-state index contributed by atoms with van der Waals surface area (Å²) in [5.74, 6) is -0.399. The highest BCUT2D eigenvalue weighted by molar-refractivity contribution is 5.80. The van der Waals surface area contributed by atoms with E-state index in [1.165, 1.54) is 100 Å². The second kappa shape index (κ2) is 24.7. The van der Waals surface area contributed by atoms with Gasteiger partial charge in [0, 0.05) is 30.3 Å². The van der Waals surface area contributed by atoms with Gasteiger partial charge in [-0.3, -0.25) is 9.59 Å². The van der Waals surface area contributed by atoms with Crippen molar-refractivity contribution in [3.05, 3.63) is 48.0 Å². The van der Waals surface area contributed by atoms with E-state index in [2.05, 4.69) is 39.8 Å². The van der Waals surface area contributed by atoms with Crippen LogP contribution in [0.1, 0.15) is 142 Å². The van der Waals surface area contributed by atoms with Crippen molar-refractivity contribution in [2.24, 2.45) is 0 Å². The van der Waals surface area contributed by atoms with E-state index in [0.29, 0.717) is 43.4 Å². The molecule has 0 bridgehead atoms. The van der Waals surface area contributed by atoms with Crippen LogP contribution < -0.4 is 19.1 Å². The summed E-state index contributed by atoms with van der Waals surface area (Å²) < 4.78 is 17.9. The molecule has 0 aliphatic heterocycles. The molecule has 0 spiro atoms. The SMILES string of the molecule is CCCCCCCCCCCCCCCCCCOc1cc(OCCCOc2ccc(C(C)(C)C)cc2)cc(N(CC(=O)O)CC(=O)O)c1. The number of anilines is 1. The first-order chi connectivity index (χ1) is 23.6. The van der Waals surface area contributed by atoms with E-state index in [1.54, 1.807) is 18.2 Å². The topological polar surface area (TPSA) is 106 Å². The lowest BCUT2D eigenvalue weighted by atomic mass is 9.87. The van der Waals surface area contributed by atoms with E-state index in [1.807, 2.05) is 12.1 Å². The molecule has 0 unspecified atom stereocenters. The maximum Gasteiger partial charge on any atom is 0.323 e. The van der Waals surface area contributed by atoms with Gasteiger partial charge in [-0.25, -0.2) is 0 Å². The average Bonchev–Trinajstić information content (AvgIpc) is 3.05. The minimum atomic E-state index is -1.11. The van der Waals surface area contributed by atoms with E-state index in [0.717, 1.165) is 18.6 Å². The quantitative estimate of drug-likeness (QED) is 0.0816. The molecule has 276 valence electrons. The Morgan fingerprint density at radius 2 is 0.939 bits per heavy atom. The van der Waals surface area contributed by atoms with E-state index >= 15 is 0 Å². The van der Waals surface area contributed by atoms with E-state index in [4.69, 9.17) is 14.2 Å². The summed E-state index contributed by atoms with van der Waals surface area (Å²) in [5, 5.41) is 18.8. The number of ether oxygens (including phenoxy) is 3. The first kappa shape index (κ1) is 41.7. The molecule has 2 rings (SSSR count). The van der Waals surface area contributed by atoms with Crippen molar-refractivity contribution >= 4 is 17.6 Å². The molecule has 0 aromatic heterocycles. The molecule has 49 heavy (non-hydrogen) atoms. The largest absolute Gasteiger partial charge is 0.493 e. The highest BCUT2D eigenvalue weighted by Crippen LogP contribution is 2.30. The van der Waals surface area contributed by atoms with Gasteiger partial charge in [0.25, 0.3) is 0 Å². The summed E-state index contributed by atoms with van der Waals surface area (Å²) >= 11 is 0. The molecule has 0 atom stereocenters. The normalized spacial score (nSPS) is 11.3. The summed E-state index contributed by atoms with van der Waals surface area (Å²) in [7, 11) is 0. The van der Waals surface area contributed by atoms with E-state index < -0.39 is 25.0 Å². The highest BCUT2D eigenvalue weighted by Gasteiger charge is 2.17. The molecule has 2 aromatic rings. The molecule has 0 saturated carbocycles. The van der Waals surface area contributed by atoms with Crippen molar-refractivity contribution in [1.82, 2.24) is 0 Å². The molecule has 2 aromatic carbocycles. The van der Waals surface area contributed by atoms with Crippen molar-refractivity contribution in [3.63, 3.8) is 0 Å². The zero-order valence-electron chi connectivity index (χ0n) is 31.0. The Hall–Kier alpha value is -3.42. The zero-order valence-corrected chi connectivity index (χ0v) is 31.0. The Morgan fingerprint density at radius 3 is 1.35 bits per heavy atom. The summed E-state index contributed by atoms with van der Waals surface area (Å²) in [6.07, 6.45) is 21.5. The fourth-order valence-corrected chi connectivity index (χ4v) is 5.80. The van der Waals surface area contributed by atoms with Crippen LogP contribution in [-0.4, -0.2) is 55.1 Å². The van der Waals surface area contributed by atoms with Crippen molar-refractivity contribution in [1.29, 1.82) is 0 Å². The van der Waals surface area contributed by atoms with Gasteiger partial charge in [0.05, 0.1) is 19.8 Å². The van der Waals surface area contributed by atoms with Gasteiger partial charge in [-0.2, -0.15) is 0 Å². The van der Waals surface area contributed by atoms with Gasteiger partial charge in [0.1, 0.15) is 30.3 Å². The summed E-state index contributed by atoms with van der Waals surface area (Å²) in [5.41, 5.74) is 1.76. The van der Waals surface area contributed by atoms with Crippen molar-refractivity contribution in [2.45, 2.75) is 142 Å². The predicted octanol–water partition coefficient (Wildman–Crippen LogP) is 10.4. The first-order valence-electron chi connectivity index (χ1n) is 18.9. The number of carboxylic acid groups (broad SMARTS) is 2. The van der Waals surface area contributed by atoms with Gasteiger partial charge in [0.2, 0.25) is 0 Å². The lowest BCUT2D eigenvalue weighted by Crippen LogP contribution is -2.34. The highest BCUT2D eigenvalue weighted by atomic mass is 16.5. The van der Waals surface area contributed by atoms with Gasteiger partial charge in [-0.15, -0.1) is 0 Å². The Labute approximate surface area is 296 Å². The number of aliphatic carboxylic acids is 2. The number of hydrogen-bond donors (Lipinski definition) is 2. The fraction of sp³-hybridized carbons (Fsp3) is 0.659. The minimum absolute atomic E-state index is 0.0831. The number of benzene rings is 2. The summed E-state index contributed by atoms with van der Waals surface area (Å²) in [4.78, 5) is 24.3. The fourth-order valence-electron chi connectivity index (χ4n) is 5.80. The van der Waals surface area contributed by atoms with Gasteiger partial charge in [-0.05, 0) is 29.5 Å². The van der Waals surface area contributed by atoms with Crippen LogP contribution in [-0.2, 0) is 15.0 Å². The van der Waals surface area contributed by atoms with Crippen LogP contribution >= 0.6 is 0 Å². The monoisotopic (exact) mass is 683 g/mol. The second-order valence-electron chi connectivity index (χ2n) is 14.3. The molecule has 0 radical (unpaired) electrons. The van der Waals surface area contributed by atoms with Crippen molar-refractivity contribution in [3.8, 4) is 17.2 Å². The molecule has 2 N–H and O–H groups in total. The molecule has 0 aliphatic carbocycles. The number of hydrogen-bond acceptors (Lipinski definition) is 6. The number of nitrogens with zero attached hydrogens (tertiary/aromatic N) is 1. The van der Waals surface area contributed by atoms with Gasteiger partial charge in [0.15, 0.2) is 0 Å². The first-order valence-corrected chi connectivity index (χ1v) is 18.9. The maximum atomic E-state index is 11.5. The molecular formula is C41H65NO7. The van der Waals surface area contributed by atoms with Crippen molar-refractivity contribution < 1.29 is 34.0 Å². The minimum Gasteiger partial charge on any atom is -0.493 e. The molecule has 8 nitrogen and oxygen atoms in total. The molecule has 0 amide bonds. The Kier molecular flexibility index (Phi) is 21.0. The predicted molar refractivity (Wildman–Crippen MR) is 200 cm³/mol. The summed E-state index contributed by atoms with van der Waals surface area (Å²) in [6, 6.07) is 13.3. The molecule has 0 aliphatic rings. The Morgan fingerprint density at radius 1 is 0.551 bits per heavy atom. The van der Waals surface area contributed by atoms with Crippen LogP contribution in [0.25, 0.3) is 0 Å². The van der Waals surface area contributed by atoms with E-state index in [9.17, 15) is 19.8 Å². The maximum absolute atomic E-state index is 11.5. The van der Waals surface area contributed by atoms with Crippen molar-refractivity contribution in [2.75, 3.05) is 37.8 Å². The molecular weight excluding hydrogens is 618 g/mol. The van der Waals surface area contributed by atoms with Crippen LogP contribution in [0.2, 0.25) is 0 Å². The third-order valence-corrected chi connectivity index (χ3v) is 8.70. The number of carbonyl (C=O) groups is 2. The number of unbranched alkanes of at least 4 members (excludes halogenated alkanes) is 15. The Bertz CT molecular complexity index is 1160. The van der Waals surface area contributed by atoms with Crippen LogP contribution in [0.4, 0.5) is 5.69 Å². The number of carboxylic acids is 2.